The van der Waals surface area contributed by atoms with Crippen molar-refractivity contribution >= 4 is 28.1 Å². The first-order valence-corrected chi connectivity index (χ1v) is 7.65. The summed E-state index contributed by atoms with van der Waals surface area (Å²) in [5.74, 6) is 0.495. The van der Waals surface area contributed by atoms with Gasteiger partial charge in [0.1, 0.15) is 0 Å². The van der Waals surface area contributed by atoms with E-state index >= 15 is 0 Å². The molecular formula is C14H22N2O2S. The highest BCUT2D eigenvalue weighted by atomic mass is 32.2. The summed E-state index contributed by atoms with van der Waals surface area (Å²) in [7, 11) is -0.900. The number of nitrogens with two attached hydrogens (primary N) is 1. The van der Waals surface area contributed by atoms with Crippen LogP contribution in [0.2, 0.25) is 0 Å². The van der Waals surface area contributed by atoms with Crippen molar-refractivity contribution in [3.63, 3.8) is 0 Å². The topological polar surface area (TPSA) is 72.2 Å². The largest absolute Gasteiger partial charge is 0.399 e. The van der Waals surface area contributed by atoms with Crippen LogP contribution in [0.25, 0.3) is 0 Å². The molecule has 1 aromatic rings. The minimum absolute atomic E-state index is 0.0596. The Kier molecular flexibility index (Phi) is 5.54. The maximum atomic E-state index is 11.8. The van der Waals surface area contributed by atoms with Crippen LogP contribution >= 0.6 is 0 Å². The molecule has 1 unspecified atom stereocenters. The van der Waals surface area contributed by atoms with Gasteiger partial charge >= 0.3 is 0 Å². The van der Waals surface area contributed by atoms with Gasteiger partial charge in [-0.05, 0) is 51.5 Å². The Labute approximate surface area is 117 Å². The zero-order valence-corrected chi connectivity index (χ0v) is 12.5. The standard InChI is InChI=1S/C14H22N2O2S/c1-14(2,3)19(18)10-4-5-13(17)16-12-8-6-11(15)7-9-12/h6-9H,4-5,10,15H2,1-3H3,(H,16,17). The fourth-order valence-electron chi connectivity index (χ4n) is 1.46. The fourth-order valence-corrected chi connectivity index (χ4v) is 2.48. The van der Waals surface area contributed by atoms with Crippen molar-refractivity contribution in [1.82, 2.24) is 0 Å². The van der Waals surface area contributed by atoms with Gasteiger partial charge in [-0.1, -0.05) is 0 Å². The molecule has 0 bridgehead atoms. The Morgan fingerprint density at radius 2 is 1.84 bits per heavy atom. The van der Waals surface area contributed by atoms with Crippen molar-refractivity contribution in [3.05, 3.63) is 24.3 Å². The van der Waals surface area contributed by atoms with Crippen molar-refractivity contribution in [1.29, 1.82) is 0 Å². The number of amides is 1. The summed E-state index contributed by atoms with van der Waals surface area (Å²) < 4.78 is 11.6. The number of carbonyl (C=O) groups excluding carboxylic acids is 1. The number of benzene rings is 1. The third-order valence-electron chi connectivity index (χ3n) is 2.61. The van der Waals surface area contributed by atoms with Gasteiger partial charge in [0.2, 0.25) is 5.91 Å². The van der Waals surface area contributed by atoms with Gasteiger partial charge in [0.15, 0.2) is 0 Å². The van der Waals surface area contributed by atoms with E-state index in [0.29, 0.717) is 24.3 Å². The zero-order chi connectivity index (χ0) is 14.5. The van der Waals surface area contributed by atoms with Crippen molar-refractivity contribution in [2.45, 2.75) is 38.4 Å². The molecule has 1 amide bonds. The number of carbonyl (C=O) groups is 1. The van der Waals surface area contributed by atoms with Crippen LogP contribution in [0.5, 0.6) is 0 Å². The van der Waals surface area contributed by atoms with E-state index in [0.717, 1.165) is 5.69 Å². The summed E-state index contributed by atoms with van der Waals surface area (Å²) in [5, 5.41) is 2.79. The summed E-state index contributed by atoms with van der Waals surface area (Å²) in [4.78, 5) is 11.7. The fraction of sp³-hybridized carbons (Fsp3) is 0.500. The SMILES string of the molecule is CC(C)(C)S(=O)CCCC(=O)Nc1ccc(N)cc1. The lowest BCUT2D eigenvalue weighted by Crippen LogP contribution is -2.24. The van der Waals surface area contributed by atoms with E-state index in [9.17, 15) is 9.00 Å². The van der Waals surface area contributed by atoms with E-state index in [1.807, 2.05) is 20.8 Å². The smallest absolute Gasteiger partial charge is 0.224 e. The molecule has 106 valence electrons. The lowest BCUT2D eigenvalue weighted by Gasteiger charge is -2.17. The Balaban J connectivity index is 2.33. The summed E-state index contributed by atoms with van der Waals surface area (Å²) in [6.45, 7) is 5.83. The van der Waals surface area contributed by atoms with Gasteiger partial charge in [-0.25, -0.2) is 0 Å². The highest BCUT2D eigenvalue weighted by molar-refractivity contribution is 7.86. The van der Waals surface area contributed by atoms with E-state index in [1.165, 1.54) is 0 Å². The highest BCUT2D eigenvalue weighted by Crippen LogP contribution is 2.14. The maximum Gasteiger partial charge on any atom is 0.224 e. The van der Waals surface area contributed by atoms with E-state index in [4.69, 9.17) is 5.73 Å². The average Bonchev–Trinajstić information content (AvgIpc) is 2.31. The summed E-state index contributed by atoms with van der Waals surface area (Å²) in [6, 6.07) is 7.01. The summed E-state index contributed by atoms with van der Waals surface area (Å²) in [5.41, 5.74) is 6.96. The molecule has 4 nitrogen and oxygen atoms in total. The lowest BCUT2D eigenvalue weighted by atomic mass is 10.2. The van der Waals surface area contributed by atoms with Crippen LogP contribution in [-0.4, -0.2) is 20.6 Å². The predicted molar refractivity (Wildman–Crippen MR) is 81.5 cm³/mol. The lowest BCUT2D eigenvalue weighted by molar-refractivity contribution is -0.116. The molecule has 0 aliphatic heterocycles. The monoisotopic (exact) mass is 282 g/mol. The second kappa shape index (κ2) is 6.70. The molecule has 3 N–H and O–H groups in total. The highest BCUT2D eigenvalue weighted by Gasteiger charge is 2.18. The molecule has 1 aromatic carbocycles. The first-order valence-electron chi connectivity index (χ1n) is 6.33. The molecule has 0 spiro atoms. The second-order valence-electron chi connectivity index (χ2n) is 5.44. The van der Waals surface area contributed by atoms with Crippen LogP contribution in [0.4, 0.5) is 11.4 Å². The van der Waals surface area contributed by atoms with Crippen molar-refractivity contribution in [3.8, 4) is 0 Å². The van der Waals surface area contributed by atoms with Gasteiger partial charge in [0.05, 0.1) is 0 Å². The number of hydrogen-bond acceptors (Lipinski definition) is 3. The number of hydrogen-bond donors (Lipinski definition) is 2. The summed E-state index contributed by atoms with van der Waals surface area (Å²) >= 11 is 0. The maximum absolute atomic E-state index is 11.8. The van der Waals surface area contributed by atoms with Gasteiger partial charge in [-0.3, -0.25) is 9.00 Å². The van der Waals surface area contributed by atoms with Crippen LogP contribution in [0, 0.1) is 0 Å². The molecule has 0 radical (unpaired) electrons. The summed E-state index contributed by atoms with van der Waals surface area (Å²) in [6.07, 6.45) is 1.01. The molecule has 0 saturated heterocycles. The Hall–Kier alpha value is -1.36. The minimum Gasteiger partial charge on any atom is -0.399 e. The van der Waals surface area contributed by atoms with E-state index < -0.39 is 10.8 Å². The molecule has 1 atom stereocenters. The van der Waals surface area contributed by atoms with E-state index in [-0.39, 0.29) is 10.7 Å². The van der Waals surface area contributed by atoms with Gasteiger partial charge in [0.25, 0.3) is 0 Å². The van der Waals surface area contributed by atoms with E-state index in [1.54, 1.807) is 24.3 Å². The molecular weight excluding hydrogens is 260 g/mol. The number of rotatable bonds is 5. The number of nitrogen functional groups attached to an aromatic ring is 1. The number of anilines is 2. The Morgan fingerprint density at radius 1 is 1.26 bits per heavy atom. The van der Waals surface area contributed by atoms with Gasteiger partial charge in [-0.15, -0.1) is 0 Å². The van der Waals surface area contributed by atoms with Gasteiger partial charge in [0, 0.05) is 39.1 Å². The predicted octanol–water partition coefficient (Wildman–Crippen LogP) is 2.53. The molecule has 0 aromatic heterocycles. The van der Waals surface area contributed by atoms with Crippen LogP contribution < -0.4 is 11.1 Å². The molecule has 5 heteroatoms. The quantitative estimate of drug-likeness (QED) is 0.815. The van der Waals surface area contributed by atoms with Crippen LogP contribution in [0.3, 0.4) is 0 Å². The third-order valence-corrected chi connectivity index (χ3v) is 4.64. The first-order chi connectivity index (χ1) is 8.79. The molecule has 0 heterocycles. The molecule has 19 heavy (non-hydrogen) atoms. The Morgan fingerprint density at radius 3 is 2.37 bits per heavy atom. The van der Waals surface area contributed by atoms with Crippen molar-refractivity contribution < 1.29 is 9.00 Å². The molecule has 0 fully saturated rings. The van der Waals surface area contributed by atoms with Gasteiger partial charge < -0.3 is 11.1 Å². The first kappa shape index (κ1) is 15.7. The molecule has 0 saturated carbocycles. The molecule has 1 rings (SSSR count). The zero-order valence-electron chi connectivity index (χ0n) is 11.7. The molecule has 0 aliphatic rings. The number of nitrogens with one attached hydrogen (secondary N) is 1. The normalized spacial score (nSPS) is 13.0. The van der Waals surface area contributed by atoms with Gasteiger partial charge in [-0.2, -0.15) is 0 Å². The van der Waals surface area contributed by atoms with Crippen LogP contribution in [-0.2, 0) is 15.6 Å². The molecule has 0 aliphatic carbocycles. The van der Waals surface area contributed by atoms with E-state index in [2.05, 4.69) is 5.32 Å². The van der Waals surface area contributed by atoms with Crippen molar-refractivity contribution in [2.75, 3.05) is 16.8 Å². The second-order valence-corrected chi connectivity index (χ2v) is 7.76. The van der Waals surface area contributed by atoms with Crippen LogP contribution in [0.1, 0.15) is 33.6 Å². The van der Waals surface area contributed by atoms with Crippen molar-refractivity contribution in [2.24, 2.45) is 0 Å². The average molecular weight is 282 g/mol. The minimum atomic E-state index is -0.900. The third kappa shape index (κ3) is 5.87. The van der Waals surface area contributed by atoms with Crippen LogP contribution in [0.15, 0.2) is 24.3 Å². The Bertz CT molecular complexity index is 450.